The molecule has 0 bridgehead atoms. The van der Waals surface area contributed by atoms with Crippen LogP contribution in [0.25, 0.3) is 0 Å². The van der Waals surface area contributed by atoms with E-state index in [1.54, 1.807) is 0 Å². The molecule has 1 N–H and O–H groups in total. The van der Waals surface area contributed by atoms with Crippen LogP contribution in [0.15, 0.2) is 6.07 Å². The topological polar surface area (TPSA) is 41.6 Å². The largest absolute Gasteiger partial charge is 0.378 e. The van der Waals surface area contributed by atoms with Crippen molar-refractivity contribution in [3.05, 3.63) is 20.3 Å². The van der Waals surface area contributed by atoms with Crippen molar-refractivity contribution in [1.29, 1.82) is 0 Å². The maximum atomic E-state index is 12.3. The molecular weight excluding hydrogens is 319 g/mol. The normalized spacial score (nSPS) is 18.9. The first kappa shape index (κ1) is 16.0. The highest BCUT2D eigenvalue weighted by atomic mass is 35.5. The van der Waals surface area contributed by atoms with E-state index in [1.165, 1.54) is 11.3 Å². The highest BCUT2D eigenvalue weighted by Crippen LogP contribution is 2.34. The Labute approximate surface area is 133 Å². The molecule has 2 rings (SSSR count). The fourth-order valence-corrected chi connectivity index (χ4v) is 3.89. The first-order valence-corrected chi connectivity index (χ1v) is 8.13. The summed E-state index contributed by atoms with van der Waals surface area (Å²) in [6.07, 6.45) is 0. The number of ether oxygens (including phenoxy) is 1. The van der Waals surface area contributed by atoms with Gasteiger partial charge in [-0.15, -0.1) is 11.3 Å². The molecule has 2 heterocycles. The highest BCUT2D eigenvalue weighted by molar-refractivity contribution is 7.20. The van der Waals surface area contributed by atoms with Gasteiger partial charge in [0.1, 0.15) is 0 Å². The molecule has 112 valence electrons. The van der Waals surface area contributed by atoms with Gasteiger partial charge in [-0.25, -0.2) is 0 Å². The van der Waals surface area contributed by atoms with Crippen LogP contribution in [0, 0.1) is 0 Å². The van der Waals surface area contributed by atoms with E-state index in [9.17, 15) is 4.79 Å². The van der Waals surface area contributed by atoms with Crippen LogP contribution in [0.5, 0.6) is 0 Å². The van der Waals surface area contributed by atoms with Gasteiger partial charge in [0.05, 0.1) is 27.9 Å². The molecule has 1 saturated heterocycles. The van der Waals surface area contributed by atoms with E-state index in [2.05, 4.69) is 5.32 Å². The van der Waals surface area contributed by atoms with Crippen molar-refractivity contribution in [2.24, 2.45) is 0 Å². The zero-order valence-corrected chi connectivity index (χ0v) is 13.8. The smallest absolute Gasteiger partial charge is 0.239 e. The second-order valence-electron chi connectivity index (χ2n) is 4.83. The molecule has 0 aromatic carbocycles. The van der Waals surface area contributed by atoms with Crippen molar-refractivity contribution < 1.29 is 9.53 Å². The number of carbonyl (C=O) groups excluding carboxylic acids is 1. The molecular formula is C13H18Cl2N2O2S. The van der Waals surface area contributed by atoms with Crippen molar-refractivity contribution >= 4 is 40.4 Å². The van der Waals surface area contributed by atoms with Crippen LogP contribution in [0.3, 0.4) is 0 Å². The van der Waals surface area contributed by atoms with Crippen molar-refractivity contribution in [1.82, 2.24) is 10.2 Å². The molecule has 0 spiro atoms. The molecule has 2 atom stereocenters. The molecule has 0 saturated carbocycles. The summed E-state index contributed by atoms with van der Waals surface area (Å²) in [5.41, 5.74) is 0.934. The number of hydrogen-bond donors (Lipinski definition) is 1. The Kier molecular flexibility index (Phi) is 5.69. The Morgan fingerprint density at radius 2 is 2.05 bits per heavy atom. The Morgan fingerprint density at radius 1 is 1.40 bits per heavy atom. The third-order valence-corrected chi connectivity index (χ3v) is 4.86. The third-order valence-electron chi connectivity index (χ3n) is 3.34. The Bertz CT molecular complexity index is 475. The lowest BCUT2D eigenvalue weighted by atomic mass is 10.1. The minimum absolute atomic E-state index is 0.0220. The third kappa shape index (κ3) is 3.86. The van der Waals surface area contributed by atoms with E-state index in [0.717, 1.165) is 5.56 Å². The van der Waals surface area contributed by atoms with Gasteiger partial charge in [0.2, 0.25) is 5.91 Å². The second-order valence-corrected chi connectivity index (χ2v) is 7.11. The molecule has 1 aromatic rings. The SMILES string of the molecule is CC(NC(C)c1cc(Cl)sc1Cl)C(=O)N1CCOCC1. The van der Waals surface area contributed by atoms with E-state index in [-0.39, 0.29) is 18.0 Å². The van der Waals surface area contributed by atoms with E-state index in [0.29, 0.717) is 35.0 Å². The fourth-order valence-electron chi connectivity index (χ4n) is 2.24. The number of hydrogen-bond acceptors (Lipinski definition) is 4. The van der Waals surface area contributed by atoms with Crippen LogP contribution < -0.4 is 5.32 Å². The summed E-state index contributed by atoms with van der Waals surface area (Å²) in [7, 11) is 0. The molecule has 4 nitrogen and oxygen atoms in total. The summed E-state index contributed by atoms with van der Waals surface area (Å²) in [5.74, 6) is 0.0950. The van der Waals surface area contributed by atoms with E-state index in [4.69, 9.17) is 27.9 Å². The van der Waals surface area contributed by atoms with Gasteiger partial charge >= 0.3 is 0 Å². The average molecular weight is 337 g/mol. The highest BCUT2D eigenvalue weighted by Gasteiger charge is 2.24. The van der Waals surface area contributed by atoms with Gasteiger partial charge in [0.15, 0.2) is 0 Å². The number of carbonyl (C=O) groups is 1. The number of nitrogens with zero attached hydrogens (tertiary/aromatic N) is 1. The number of halogens is 2. The van der Waals surface area contributed by atoms with Gasteiger partial charge in [-0.1, -0.05) is 23.2 Å². The first-order chi connectivity index (χ1) is 9.49. The summed E-state index contributed by atoms with van der Waals surface area (Å²) >= 11 is 13.4. The molecule has 0 aliphatic carbocycles. The summed E-state index contributed by atoms with van der Waals surface area (Å²) in [5, 5.41) is 3.28. The summed E-state index contributed by atoms with van der Waals surface area (Å²) in [6.45, 7) is 6.39. The Hall–Kier alpha value is -0.330. The van der Waals surface area contributed by atoms with Gasteiger partial charge in [-0.3, -0.25) is 10.1 Å². The molecule has 1 aromatic heterocycles. The second kappa shape index (κ2) is 7.09. The summed E-state index contributed by atoms with van der Waals surface area (Å²) in [4.78, 5) is 14.1. The van der Waals surface area contributed by atoms with Crippen molar-refractivity contribution in [2.45, 2.75) is 25.9 Å². The lowest BCUT2D eigenvalue weighted by molar-refractivity contribution is -0.137. The van der Waals surface area contributed by atoms with Crippen LogP contribution in [-0.4, -0.2) is 43.2 Å². The Morgan fingerprint density at radius 3 is 2.60 bits per heavy atom. The van der Waals surface area contributed by atoms with Crippen LogP contribution in [0.2, 0.25) is 8.67 Å². The zero-order valence-electron chi connectivity index (χ0n) is 11.5. The monoisotopic (exact) mass is 336 g/mol. The molecule has 1 aliphatic heterocycles. The number of thiophene rings is 1. The van der Waals surface area contributed by atoms with Gasteiger partial charge < -0.3 is 9.64 Å². The Balaban J connectivity index is 1.94. The maximum absolute atomic E-state index is 12.3. The van der Waals surface area contributed by atoms with E-state index < -0.39 is 0 Å². The fraction of sp³-hybridized carbons (Fsp3) is 0.615. The molecule has 7 heteroatoms. The molecule has 0 radical (unpaired) electrons. The molecule has 1 fully saturated rings. The van der Waals surface area contributed by atoms with Crippen LogP contribution in [-0.2, 0) is 9.53 Å². The minimum Gasteiger partial charge on any atom is -0.378 e. The number of rotatable bonds is 4. The van der Waals surface area contributed by atoms with Crippen molar-refractivity contribution in [3.8, 4) is 0 Å². The predicted octanol–water partition coefficient (Wildman–Crippen LogP) is 2.95. The van der Waals surface area contributed by atoms with E-state index in [1.807, 2.05) is 24.8 Å². The summed E-state index contributed by atoms with van der Waals surface area (Å²) < 4.78 is 6.58. The quantitative estimate of drug-likeness (QED) is 0.918. The van der Waals surface area contributed by atoms with Gasteiger partial charge in [-0.05, 0) is 25.5 Å². The first-order valence-electron chi connectivity index (χ1n) is 6.56. The number of morpholine rings is 1. The molecule has 1 amide bonds. The van der Waals surface area contributed by atoms with Gasteiger partial charge in [0.25, 0.3) is 0 Å². The lowest BCUT2D eigenvalue weighted by Crippen LogP contribution is -2.49. The van der Waals surface area contributed by atoms with Gasteiger partial charge in [-0.2, -0.15) is 0 Å². The van der Waals surface area contributed by atoms with Crippen LogP contribution in [0.1, 0.15) is 25.5 Å². The summed E-state index contributed by atoms with van der Waals surface area (Å²) in [6, 6.07) is 1.56. The molecule has 1 aliphatic rings. The predicted molar refractivity (Wildman–Crippen MR) is 82.8 cm³/mol. The van der Waals surface area contributed by atoms with Gasteiger partial charge in [0, 0.05) is 19.1 Å². The standard InChI is InChI=1S/C13H18Cl2N2O2S/c1-8(10-7-11(14)20-12(10)15)16-9(2)13(18)17-3-5-19-6-4-17/h7-9,16H,3-6H2,1-2H3. The zero-order chi connectivity index (χ0) is 14.7. The van der Waals surface area contributed by atoms with Crippen LogP contribution >= 0.6 is 34.5 Å². The average Bonchev–Trinajstić information content (AvgIpc) is 2.78. The van der Waals surface area contributed by atoms with Crippen LogP contribution in [0.4, 0.5) is 0 Å². The van der Waals surface area contributed by atoms with Crippen molar-refractivity contribution in [2.75, 3.05) is 26.3 Å². The lowest BCUT2D eigenvalue weighted by Gasteiger charge is -2.30. The maximum Gasteiger partial charge on any atom is 0.239 e. The number of nitrogens with one attached hydrogen (secondary N) is 1. The number of amides is 1. The minimum atomic E-state index is -0.266. The molecule has 2 unspecified atom stereocenters. The van der Waals surface area contributed by atoms with E-state index >= 15 is 0 Å². The van der Waals surface area contributed by atoms with Crippen molar-refractivity contribution in [3.63, 3.8) is 0 Å². The molecule has 20 heavy (non-hydrogen) atoms.